The van der Waals surface area contributed by atoms with Crippen molar-refractivity contribution in [1.82, 2.24) is 4.90 Å². The average Bonchev–Trinajstić information content (AvgIpc) is 3.07. The number of nitrogens with one attached hydrogen (secondary N) is 1. The van der Waals surface area contributed by atoms with Crippen molar-refractivity contribution >= 4 is 40.6 Å². The van der Waals surface area contributed by atoms with E-state index in [1.807, 2.05) is 19.1 Å². The Balaban J connectivity index is 1.35. The van der Waals surface area contributed by atoms with E-state index in [0.717, 1.165) is 22.2 Å². The first-order valence-corrected chi connectivity index (χ1v) is 11.3. The molecule has 1 N–H and O–H groups in total. The number of halogens is 1. The van der Waals surface area contributed by atoms with Crippen LogP contribution < -0.4 is 10.1 Å². The van der Waals surface area contributed by atoms with E-state index in [1.54, 1.807) is 54.6 Å². The van der Waals surface area contributed by atoms with Gasteiger partial charge in [0.15, 0.2) is 0 Å². The molecule has 4 rings (SSSR count). The fraction of sp³-hybridized carbons (Fsp3) is 0.115. The number of aryl methyl sites for hydroxylation is 1. The zero-order valence-electron chi connectivity index (χ0n) is 18.3. The third-order valence-electron chi connectivity index (χ3n) is 4.98. The summed E-state index contributed by atoms with van der Waals surface area (Å²) in [6, 6.07) is 20.4. The number of rotatable bonds is 7. The molecule has 1 fully saturated rings. The van der Waals surface area contributed by atoms with E-state index in [0.29, 0.717) is 22.6 Å². The highest BCUT2D eigenvalue weighted by molar-refractivity contribution is 8.18. The van der Waals surface area contributed by atoms with Crippen molar-refractivity contribution in [1.29, 1.82) is 0 Å². The zero-order chi connectivity index (χ0) is 24.1. The quantitative estimate of drug-likeness (QED) is 0.463. The Hall–Kier alpha value is -3.91. The summed E-state index contributed by atoms with van der Waals surface area (Å²) in [5, 5.41) is 2.19. The van der Waals surface area contributed by atoms with E-state index in [4.69, 9.17) is 4.74 Å². The van der Waals surface area contributed by atoms with Gasteiger partial charge >= 0.3 is 0 Å². The van der Waals surface area contributed by atoms with Crippen LogP contribution in [-0.2, 0) is 16.2 Å². The summed E-state index contributed by atoms with van der Waals surface area (Å²) < 4.78 is 18.9. The van der Waals surface area contributed by atoms with Crippen molar-refractivity contribution in [2.45, 2.75) is 13.5 Å². The first-order valence-electron chi connectivity index (χ1n) is 10.5. The number of hydrogen-bond donors (Lipinski definition) is 1. The Morgan fingerprint density at radius 3 is 2.50 bits per heavy atom. The monoisotopic (exact) mass is 476 g/mol. The summed E-state index contributed by atoms with van der Waals surface area (Å²) in [6.45, 7) is 1.80. The van der Waals surface area contributed by atoms with Crippen LogP contribution in [0.25, 0.3) is 6.08 Å². The summed E-state index contributed by atoms with van der Waals surface area (Å²) in [4.78, 5) is 38.5. The van der Waals surface area contributed by atoms with E-state index in [9.17, 15) is 18.8 Å². The lowest BCUT2D eigenvalue weighted by molar-refractivity contribution is -0.127. The number of carbonyl (C=O) groups is 3. The largest absolute Gasteiger partial charge is 0.489 e. The van der Waals surface area contributed by atoms with E-state index in [2.05, 4.69) is 5.32 Å². The molecule has 0 aromatic heterocycles. The topological polar surface area (TPSA) is 75.7 Å². The number of ether oxygens (including phenoxy) is 1. The number of amides is 3. The molecule has 6 nitrogen and oxygen atoms in total. The van der Waals surface area contributed by atoms with Gasteiger partial charge in [0.05, 0.1) is 4.91 Å². The first-order chi connectivity index (χ1) is 16.4. The van der Waals surface area contributed by atoms with Crippen molar-refractivity contribution < 1.29 is 23.5 Å². The number of carbonyl (C=O) groups excluding carboxylic acids is 3. The molecule has 1 saturated heterocycles. The number of thioether (sulfide) groups is 1. The molecule has 0 saturated carbocycles. The zero-order valence-corrected chi connectivity index (χ0v) is 19.1. The molecule has 0 radical (unpaired) electrons. The molecule has 3 aromatic carbocycles. The molecule has 0 spiro atoms. The highest BCUT2D eigenvalue weighted by Crippen LogP contribution is 2.32. The predicted molar refractivity (Wildman–Crippen MR) is 130 cm³/mol. The molecule has 1 aliphatic rings. The number of hydrogen-bond acceptors (Lipinski definition) is 5. The number of benzene rings is 3. The molecule has 1 heterocycles. The molecule has 0 aliphatic carbocycles. The second-order valence-corrected chi connectivity index (χ2v) is 8.66. The van der Waals surface area contributed by atoms with Crippen molar-refractivity contribution in [3.8, 4) is 5.75 Å². The molecule has 3 aromatic rings. The van der Waals surface area contributed by atoms with E-state index in [-0.39, 0.29) is 23.9 Å². The van der Waals surface area contributed by atoms with Gasteiger partial charge in [0, 0.05) is 5.69 Å². The molecule has 3 amide bonds. The van der Waals surface area contributed by atoms with Gasteiger partial charge < -0.3 is 10.1 Å². The van der Waals surface area contributed by atoms with Gasteiger partial charge in [-0.05, 0) is 72.3 Å². The maximum Gasteiger partial charge on any atom is 0.294 e. The summed E-state index contributed by atoms with van der Waals surface area (Å²) >= 11 is 0.792. The molecule has 172 valence electrons. The molecular weight excluding hydrogens is 455 g/mol. The Morgan fingerprint density at radius 2 is 1.79 bits per heavy atom. The summed E-state index contributed by atoms with van der Waals surface area (Å²) in [6.07, 6.45) is 1.60. The maximum atomic E-state index is 13.3. The van der Waals surface area contributed by atoms with Gasteiger partial charge in [-0.1, -0.05) is 42.0 Å². The Kier molecular flexibility index (Phi) is 7.08. The van der Waals surface area contributed by atoms with E-state index < -0.39 is 17.1 Å². The van der Waals surface area contributed by atoms with Crippen LogP contribution in [0, 0.1) is 12.7 Å². The highest BCUT2D eigenvalue weighted by atomic mass is 32.2. The van der Waals surface area contributed by atoms with Gasteiger partial charge in [-0.3, -0.25) is 19.3 Å². The van der Waals surface area contributed by atoms with Gasteiger partial charge in [0.25, 0.3) is 11.1 Å². The summed E-state index contributed by atoms with van der Waals surface area (Å²) in [5.41, 5.74) is 3.06. The fourth-order valence-electron chi connectivity index (χ4n) is 3.22. The second kappa shape index (κ2) is 10.4. The van der Waals surface area contributed by atoms with Gasteiger partial charge in [-0.2, -0.15) is 0 Å². The molecule has 0 unspecified atom stereocenters. The van der Waals surface area contributed by atoms with Crippen LogP contribution in [0.2, 0.25) is 0 Å². The fourth-order valence-corrected chi connectivity index (χ4v) is 4.06. The van der Waals surface area contributed by atoms with Crippen molar-refractivity contribution in [3.63, 3.8) is 0 Å². The SMILES string of the molecule is Cc1ccc(NC(=O)CN2C(=O)S/C(=C\c3ccc(OCc4cccc(F)c4)cc3)C2=O)cc1. The Labute approximate surface area is 200 Å². The summed E-state index contributed by atoms with van der Waals surface area (Å²) in [5.74, 6) is -0.701. The minimum absolute atomic E-state index is 0.223. The van der Waals surface area contributed by atoms with E-state index in [1.165, 1.54) is 12.1 Å². The molecular formula is C26H21FN2O4S. The van der Waals surface area contributed by atoms with Gasteiger partial charge in [-0.25, -0.2) is 4.39 Å². The first kappa shape index (κ1) is 23.3. The van der Waals surface area contributed by atoms with Crippen LogP contribution in [0.3, 0.4) is 0 Å². The number of nitrogens with zero attached hydrogens (tertiary/aromatic N) is 1. The van der Waals surface area contributed by atoms with Crippen molar-refractivity contribution in [2.24, 2.45) is 0 Å². The molecule has 34 heavy (non-hydrogen) atoms. The van der Waals surface area contributed by atoms with Gasteiger partial charge in [-0.15, -0.1) is 0 Å². The standard InChI is InChI=1S/C26H21FN2O4S/c1-17-5-9-21(10-6-17)28-24(30)15-29-25(31)23(34-26(29)32)14-18-7-11-22(12-8-18)33-16-19-3-2-4-20(27)13-19/h2-14H,15-16H2,1H3,(H,28,30)/b23-14-. The van der Waals surface area contributed by atoms with Crippen molar-refractivity contribution in [3.05, 3.63) is 100 Å². The van der Waals surface area contributed by atoms with Crippen LogP contribution in [0.5, 0.6) is 5.75 Å². The van der Waals surface area contributed by atoms with Crippen LogP contribution >= 0.6 is 11.8 Å². The van der Waals surface area contributed by atoms with Crippen LogP contribution in [-0.4, -0.2) is 28.5 Å². The van der Waals surface area contributed by atoms with Gasteiger partial charge in [0.1, 0.15) is 24.7 Å². The maximum absolute atomic E-state index is 13.3. The second-order valence-electron chi connectivity index (χ2n) is 7.67. The lowest BCUT2D eigenvalue weighted by atomic mass is 10.2. The number of imide groups is 1. The minimum atomic E-state index is -0.513. The molecule has 0 atom stereocenters. The molecule has 0 bridgehead atoms. The van der Waals surface area contributed by atoms with E-state index >= 15 is 0 Å². The minimum Gasteiger partial charge on any atom is -0.489 e. The van der Waals surface area contributed by atoms with Crippen LogP contribution in [0.4, 0.5) is 14.9 Å². The molecule has 8 heteroatoms. The van der Waals surface area contributed by atoms with Crippen LogP contribution in [0.1, 0.15) is 16.7 Å². The number of anilines is 1. The van der Waals surface area contributed by atoms with Gasteiger partial charge in [0.2, 0.25) is 5.91 Å². The third kappa shape index (κ3) is 5.90. The lowest BCUT2D eigenvalue weighted by Gasteiger charge is -2.12. The lowest BCUT2D eigenvalue weighted by Crippen LogP contribution is -2.36. The molecule has 1 aliphatic heterocycles. The van der Waals surface area contributed by atoms with Crippen molar-refractivity contribution in [2.75, 3.05) is 11.9 Å². The van der Waals surface area contributed by atoms with Crippen LogP contribution in [0.15, 0.2) is 77.7 Å². The third-order valence-corrected chi connectivity index (χ3v) is 5.89. The smallest absolute Gasteiger partial charge is 0.294 e. The highest BCUT2D eigenvalue weighted by Gasteiger charge is 2.36. The Bertz CT molecular complexity index is 1260. The Morgan fingerprint density at radius 1 is 1.06 bits per heavy atom. The summed E-state index contributed by atoms with van der Waals surface area (Å²) in [7, 11) is 0. The predicted octanol–water partition coefficient (Wildman–Crippen LogP) is 5.39. The normalized spacial score (nSPS) is 14.5. The average molecular weight is 477 g/mol.